The molecule has 0 saturated carbocycles. The summed E-state index contributed by atoms with van der Waals surface area (Å²) in [5, 5.41) is 8.88. The van der Waals surface area contributed by atoms with E-state index in [4.69, 9.17) is 0 Å². The Labute approximate surface area is 160 Å². The van der Waals surface area contributed by atoms with E-state index in [1.807, 2.05) is 61.6 Å². The van der Waals surface area contributed by atoms with Crippen LogP contribution in [-0.2, 0) is 9.59 Å². The van der Waals surface area contributed by atoms with Gasteiger partial charge in [-0.15, -0.1) is 0 Å². The molecule has 3 N–H and O–H groups in total. The Balaban J connectivity index is 1.55. The van der Waals surface area contributed by atoms with E-state index in [0.717, 1.165) is 11.4 Å². The van der Waals surface area contributed by atoms with Crippen LogP contribution in [0.5, 0.6) is 0 Å². The van der Waals surface area contributed by atoms with Gasteiger partial charge in [0.1, 0.15) is 0 Å². The summed E-state index contributed by atoms with van der Waals surface area (Å²) >= 11 is 0. The van der Waals surface area contributed by atoms with Crippen LogP contribution >= 0.6 is 0 Å². The van der Waals surface area contributed by atoms with E-state index in [-0.39, 0.29) is 11.8 Å². The Morgan fingerprint density at radius 1 is 0.963 bits per heavy atom. The van der Waals surface area contributed by atoms with Crippen molar-refractivity contribution in [3.8, 4) is 0 Å². The zero-order chi connectivity index (χ0) is 19.3. The normalized spacial score (nSPS) is 15.1. The highest BCUT2D eigenvalue weighted by Crippen LogP contribution is 2.07. The first-order valence-corrected chi connectivity index (χ1v) is 9.08. The fraction of sp³-hybridized carbons (Fsp3) is 0.286. The number of carbonyl (C=O) groups excluding carboxylic acids is 2. The van der Waals surface area contributed by atoms with Gasteiger partial charge in [-0.05, 0) is 37.6 Å². The summed E-state index contributed by atoms with van der Waals surface area (Å²) in [5.41, 5.74) is 2.56. The number of rotatable bonds is 9. The number of pyridine rings is 1. The molecule has 0 aromatic carbocycles. The Bertz CT molecular complexity index is 746. The maximum Gasteiger partial charge on any atom is 0.224 e. The molecule has 0 atom stereocenters. The molecule has 0 bridgehead atoms. The predicted molar refractivity (Wildman–Crippen MR) is 108 cm³/mol. The van der Waals surface area contributed by atoms with E-state index in [1.54, 1.807) is 6.20 Å². The summed E-state index contributed by atoms with van der Waals surface area (Å²) in [4.78, 5) is 27.8. The second kappa shape index (κ2) is 11.5. The van der Waals surface area contributed by atoms with Crippen molar-refractivity contribution < 1.29 is 9.59 Å². The van der Waals surface area contributed by atoms with Crippen LogP contribution in [0.2, 0.25) is 0 Å². The number of aromatic nitrogens is 1. The molecule has 1 heterocycles. The van der Waals surface area contributed by atoms with Crippen molar-refractivity contribution in [2.45, 2.75) is 26.2 Å². The summed E-state index contributed by atoms with van der Waals surface area (Å²) in [7, 11) is 0. The number of amides is 2. The first-order chi connectivity index (χ1) is 13.1. The number of allylic oxidation sites excluding steroid dienone is 7. The number of aryl methyl sites for hydroxylation is 1. The molecule has 0 fully saturated rings. The van der Waals surface area contributed by atoms with E-state index >= 15 is 0 Å². The topological polar surface area (TPSA) is 83.1 Å². The quantitative estimate of drug-likeness (QED) is 0.587. The van der Waals surface area contributed by atoms with E-state index < -0.39 is 0 Å². The third-order valence-electron chi connectivity index (χ3n) is 3.78. The van der Waals surface area contributed by atoms with Gasteiger partial charge in [-0.3, -0.25) is 14.6 Å². The summed E-state index contributed by atoms with van der Waals surface area (Å²) < 4.78 is 0. The summed E-state index contributed by atoms with van der Waals surface area (Å²) in [6, 6.07) is 3.65. The second-order valence-corrected chi connectivity index (χ2v) is 6.12. The van der Waals surface area contributed by atoms with Crippen LogP contribution in [0, 0.1) is 6.92 Å². The first kappa shape index (κ1) is 20.2. The smallest absolute Gasteiger partial charge is 0.224 e. The predicted octanol–water partition coefficient (Wildman–Crippen LogP) is 2.77. The molecule has 0 radical (unpaired) electrons. The highest BCUT2D eigenvalue weighted by Gasteiger charge is 2.06. The molecule has 0 spiro atoms. The fourth-order valence-corrected chi connectivity index (χ4v) is 2.36. The average molecular weight is 366 g/mol. The molecule has 0 unspecified atom stereocenters. The van der Waals surface area contributed by atoms with Crippen LogP contribution < -0.4 is 16.0 Å². The molecule has 2 amide bonds. The van der Waals surface area contributed by atoms with Gasteiger partial charge in [0, 0.05) is 37.3 Å². The number of carbonyl (C=O) groups is 2. The fourth-order valence-electron chi connectivity index (χ4n) is 2.36. The second-order valence-electron chi connectivity index (χ2n) is 6.12. The average Bonchev–Trinajstić information content (AvgIpc) is 2.62. The molecule has 6 heteroatoms. The van der Waals surface area contributed by atoms with Crippen LogP contribution in [0.3, 0.4) is 0 Å². The SMILES string of the molecule is Cc1ccc(NC(=O)CCCC(=O)NCCNC2=C/C=C\C=C/C=C2)cn1. The first-order valence-electron chi connectivity index (χ1n) is 9.08. The molecule has 2 rings (SSSR count). The maximum absolute atomic E-state index is 11.9. The van der Waals surface area contributed by atoms with Crippen LogP contribution in [0.25, 0.3) is 0 Å². The van der Waals surface area contributed by atoms with Crippen molar-refractivity contribution in [2.24, 2.45) is 0 Å². The summed E-state index contributed by atoms with van der Waals surface area (Å²) in [6.07, 6.45) is 16.5. The number of hydrogen-bond acceptors (Lipinski definition) is 4. The van der Waals surface area contributed by atoms with Gasteiger partial charge in [-0.25, -0.2) is 0 Å². The highest BCUT2D eigenvalue weighted by atomic mass is 16.2. The number of anilines is 1. The molecular formula is C21H26N4O2. The number of hydrogen-bond donors (Lipinski definition) is 3. The third kappa shape index (κ3) is 8.67. The van der Waals surface area contributed by atoms with Crippen LogP contribution in [-0.4, -0.2) is 29.9 Å². The maximum atomic E-state index is 11.9. The molecule has 6 nitrogen and oxygen atoms in total. The summed E-state index contributed by atoms with van der Waals surface area (Å²) in [6.45, 7) is 3.06. The Morgan fingerprint density at radius 2 is 1.74 bits per heavy atom. The van der Waals surface area contributed by atoms with Gasteiger partial charge in [0.05, 0.1) is 11.9 Å². The van der Waals surface area contributed by atoms with E-state index in [0.29, 0.717) is 38.0 Å². The van der Waals surface area contributed by atoms with Crippen molar-refractivity contribution in [1.29, 1.82) is 0 Å². The lowest BCUT2D eigenvalue weighted by atomic mass is 10.2. The van der Waals surface area contributed by atoms with Gasteiger partial charge < -0.3 is 16.0 Å². The largest absolute Gasteiger partial charge is 0.383 e. The highest BCUT2D eigenvalue weighted by molar-refractivity contribution is 5.90. The van der Waals surface area contributed by atoms with Crippen molar-refractivity contribution in [3.05, 3.63) is 72.3 Å². The molecular weight excluding hydrogens is 340 g/mol. The molecule has 1 aromatic rings. The van der Waals surface area contributed by atoms with Crippen LogP contribution in [0.4, 0.5) is 5.69 Å². The Hall–Kier alpha value is -3.15. The van der Waals surface area contributed by atoms with Gasteiger partial charge in [0.2, 0.25) is 11.8 Å². The van der Waals surface area contributed by atoms with Gasteiger partial charge in [-0.1, -0.05) is 30.4 Å². The van der Waals surface area contributed by atoms with E-state index in [1.165, 1.54) is 0 Å². The van der Waals surface area contributed by atoms with Gasteiger partial charge in [0.25, 0.3) is 0 Å². The zero-order valence-electron chi connectivity index (χ0n) is 15.6. The van der Waals surface area contributed by atoms with Gasteiger partial charge in [-0.2, -0.15) is 0 Å². The lowest BCUT2D eigenvalue weighted by molar-refractivity contribution is -0.121. The molecule has 0 saturated heterocycles. The Morgan fingerprint density at radius 3 is 2.56 bits per heavy atom. The van der Waals surface area contributed by atoms with Crippen molar-refractivity contribution in [3.63, 3.8) is 0 Å². The minimum absolute atomic E-state index is 0.0494. The minimum atomic E-state index is -0.111. The number of nitrogens with zero attached hydrogens (tertiary/aromatic N) is 1. The van der Waals surface area contributed by atoms with Crippen molar-refractivity contribution >= 4 is 17.5 Å². The molecule has 27 heavy (non-hydrogen) atoms. The lowest BCUT2D eigenvalue weighted by Crippen LogP contribution is -2.31. The monoisotopic (exact) mass is 366 g/mol. The lowest BCUT2D eigenvalue weighted by Gasteiger charge is -2.09. The van der Waals surface area contributed by atoms with Crippen LogP contribution in [0.15, 0.2) is 66.6 Å². The minimum Gasteiger partial charge on any atom is -0.383 e. The van der Waals surface area contributed by atoms with Crippen molar-refractivity contribution in [2.75, 3.05) is 18.4 Å². The Kier molecular flexibility index (Phi) is 8.56. The van der Waals surface area contributed by atoms with Gasteiger partial charge >= 0.3 is 0 Å². The molecule has 0 aliphatic heterocycles. The zero-order valence-corrected chi connectivity index (χ0v) is 15.6. The molecule has 1 aliphatic carbocycles. The standard InChI is InChI=1S/C21H26N4O2/c1-17-12-13-19(16-24-17)25-21(27)11-7-10-20(26)23-15-14-22-18-8-5-3-2-4-6-9-18/h2-6,8-9,12-13,16,22H,7,10-11,14-15H2,1H3,(H,23,26)(H,25,27)/b3-2-,4-2?,5-3?,6-4-,8-5?,9-6?,18-8?,18-9?. The van der Waals surface area contributed by atoms with Crippen LogP contribution in [0.1, 0.15) is 25.0 Å². The molecule has 1 aliphatic rings. The van der Waals surface area contributed by atoms with Gasteiger partial charge in [0.15, 0.2) is 0 Å². The van der Waals surface area contributed by atoms with E-state index in [2.05, 4.69) is 20.9 Å². The summed E-state index contributed by atoms with van der Waals surface area (Å²) in [5.74, 6) is -0.160. The van der Waals surface area contributed by atoms with Crippen molar-refractivity contribution in [1.82, 2.24) is 15.6 Å². The molecule has 1 aromatic heterocycles. The molecule has 142 valence electrons. The third-order valence-corrected chi connectivity index (χ3v) is 3.78. The number of nitrogens with one attached hydrogen (secondary N) is 3. The van der Waals surface area contributed by atoms with E-state index in [9.17, 15) is 9.59 Å².